The zero-order valence-corrected chi connectivity index (χ0v) is 17.9. The number of carbonyl (C=O) groups excluding carboxylic acids is 1. The fraction of sp³-hybridized carbons (Fsp3) is 0.682. The zero-order chi connectivity index (χ0) is 20.4. The summed E-state index contributed by atoms with van der Waals surface area (Å²) in [4.78, 5) is 21.2. The van der Waals surface area contributed by atoms with Crippen LogP contribution < -0.4 is 4.90 Å². The Kier molecular flexibility index (Phi) is 6.26. The molecule has 1 aliphatic carbocycles. The van der Waals surface area contributed by atoms with Crippen molar-refractivity contribution >= 4 is 23.3 Å². The fourth-order valence-corrected chi connectivity index (χ4v) is 5.27. The molecule has 6 nitrogen and oxygen atoms in total. The lowest BCUT2D eigenvalue weighted by Crippen LogP contribution is -2.55. The Morgan fingerprint density at radius 1 is 1.28 bits per heavy atom. The van der Waals surface area contributed by atoms with Gasteiger partial charge in [-0.05, 0) is 31.7 Å². The van der Waals surface area contributed by atoms with Crippen LogP contribution in [0.15, 0.2) is 0 Å². The zero-order valence-electron chi connectivity index (χ0n) is 17.1. The number of fused-ring (bicyclic) bond motifs is 1. The van der Waals surface area contributed by atoms with E-state index >= 15 is 0 Å². The number of hydrogen-bond acceptors (Lipinski definition) is 5. The summed E-state index contributed by atoms with van der Waals surface area (Å²) in [5.41, 5.74) is 4.15. The first-order chi connectivity index (χ1) is 14.1. The minimum Gasteiger partial charge on any atom is -0.376 e. The number of amides is 1. The molecule has 1 saturated carbocycles. The summed E-state index contributed by atoms with van der Waals surface area (Å²) in [7, 11) is 0. The van der Waals surface area contributed by atoms with Crippen LogP contribution in [-0.2, 0) is 22.6 Å². The van der Waals surface area contributed by atoms with Crippen molar-refractivity contribution in [1.82, 2.24) is 9.88 Å². The summed E-state index contributed by atoms with van der Waals surface area (Å²) in [5.74, 6) is 1.25. The molecule has 0 radical (unpaired) electrons. The van der Waals surface area contributed by atoms with Crippen LogP contribution in [0.4, 0.5) is 5.82 Å². The molecule has 1 unspecified atom stereocenters. The van der Waals surface area contributed by atoms with E-state index in [9.17, 15) is 10.1 Å². The van der Waals surface area contributed by atoms with Gasteiger partial charge in [0.15, 0.2) is 0 Å². The van der Waals surface area contributed by atoms with Gasteiger partial charge in [0.2, 0.25) is 5.91 Å². The maximum atomic E-state index is 12.1. The predicted molar refractivity (Wildman–Crippen MR) is 112 cm³/mol. The van der Waals surface area contributed by atoms with Gasteiger partial charge in [0.1, 0.15) is 17.8 Å². The molecular weight excluding hydrogens is 388 g/mol. The molecule has 1 aromatic rings. The van der Waals surface area contributed by atoms with Gasteiger partial charge in [-0.25, -0.2) is 4.98 Å². The number of rotatable bonds is 3. The molecule has 0 N–H and O–H groups in total. The van der Waals surface area contributed by atoms with E-state index in [0.717, 1.165) is 29.1 Å². The second kappa shape index (κ2) is 8.89. The van der Waals surface area contributed by atoms with Crippen molar-refractivity contribution in [3.05, 3.63) is 22.4 Å². The number of pyridine rings is 1. The Labute approximate surface area is 177 Å². The molecule has 3 aliphatic rings. The normalized spacial score (nSPS) is 22.9. The van der Waals surface area contributed by atoms with Crippen LogP contribution in [-0.4, -0.2) is 54.0 Å². The van der Waals surface area contributed by atoms with Crippen molar-refractivity contribution in [2.24, 2.45) is 0 Å². The van der Waals surface area contributed by atoms with Gasteiger partial charge in [0, 0.05) is 37.2 Å². The minimum atomic E-state index is -0.0298. The van der Waals surface area contributed by atoms with E-state index in [1.54, 1.807) is 0 Å². The third kappa shape index (κ3) is 3.95. The van der Waals surface area contributed by atoms with E-state index in [0.29, 0.717) is 44.3 Å². The molecule has 7 heteroatoms. The molecule has 2 fully saturated rings. The van der Waals surface area contributed by atoms with Crippen LogP contribution in [0.3, 0.4) is 0 Å². The monoisotopic (exact) mass is 416 g/mol. The van der Waals surface area contributed by atoms with Gasteiger partial charge < -0.3 is 14.5 Å². The number of ether oxygens (including phenoxy) is 1. The van der Waals surface area contributed by atoms with Gasteiger partial charge in [0.05, 0.1) is 24.5 Å². The number of hydrogen-bond donors (Lipinski definition) is 0. The Morgan fingerprint density at radius 2 is 2.07 bits per heavy atom. The molecule has 0 bridgehead atoms. The van der Waals surface area contributed by atoms with E-state index < -0.39 is 0 Å². The van der Waals surface area contributed by atoms with E-state index in [-0.39, 0.29) is 17.8 Å². The predicted octanol–water partition coefficient (Wildman–Crippen LogP) is 3.35. The number of anilines is 1. The van der Waals surface area contributed by atoms with Crippen LogP contribution in [0.25, 0.3) is 0 Å². The van der Waals surface area contributed by atoms with Gasteiger partial charge in [0.25, 0.3) is 0 Å². The van der Waals surface area contributed by atoms with Crippen molar-refractivity contribution in [2.75, 3.05) is 37.0 Å². The highest BCUT2D eigenvalue weighted by Crippen LogP contribution is 2.39. The average molecular weight is 417 g/mol. The molecular formula is C22H29ClN4O2. The third-order valence-electron chi connectivity index (χ3n) is 6.63. The fourth-order valence-electron chi connectivity index (χ4n) is 5.12. The maximum Gasteiger partial charge on any atom is 0.237 e. The van der Waals surface area contributed by atoms with Crippen molar-refractivity contribution in [3.8, 4) is 6.07 Å². The van der Waals surface area contributed by atoms with Gasteiger partial charge in [-0.1, -0.05) is 19.3 Å². The van der Waals surface area contributed by atoms with Crippen LogP contribution in [0.1, 0.15) is 67.3 Å². The highest BCUT2D eigenvalue weighted by atomic mass is 35.5. The SMILES string of the molecule is CC1CN(c2nc(C3CCCCC3)c3c(c2C#N)CCOC3)CCN1C(=O)CCl. The third-order valence-corrected chi connectivity index (χ3v) is 6.86. The molecule has 1 saturated heterocycles. The molecule has 0 aromatic carbocycles. The number of carbonyl (C=O) groups is 1. The van der Waals surface area contributed by atoms with Crippen LogP contribution in [0.2, 0.25) is 0 Å². The Balaban J connectivity index is 1.71. The van der Waals surface area contributed by atoms with Gasteiger partial charge in [-0.15, -0.1) is 11.6 Å². The summed E-state index contributed by atoms with van der Waals surface area (Å²) in [6, 6.07) is 2.49. The topological polar surface area (TPSA) is 69.5 Å². The van der Waals surface area contributed by atoms with E-state index in [1.165, 1.54) is 32.1 Å². The molecule has 0 spiro atoms. The first-order valence-electron chi connectivity index (χ1n) is 10.8. The molecule has 4 rings (SSSR count). The van der Waals surface area contributed by atoms with Gasteiger partial charge in [-0.2, -0.15) is 5.26 Å². The van der Waals surface area contributed by atoms with Crippen LogP contribution in [0, 0.1) is 11.3 Å². The molecule has 1 amide bonds. The second-order valence-corrected chi connectivity index (χ2v) is 8.69. The number of aromatic nitrogens is 1. The van der Waals surface area contributed by atoms with Gasteiger partial charge in [-0.3, -0.25) is 4.79 Å². The summed E-state index contributed by atoms with van der Waals surface area (Å²) in [5, 5.41) is 10.0. The largest absolute Gasteiger partial charge is 0.376 e. The van der Waals surface area contributed by atoms with Crippen molar-refractivity contribution in [2.45, 2.75) is 64.0 Å². The number of nitriles is 1. The number of alkyl halides is 1. The first kappa shape index (κ1) is 20.4. The smallest absolute Gasteiger partial charge is 0.237 e. The first-order valence-corrected chi connectivity index (χ1v) is 11.3. The highest BCUT2D eigenvalue weighted by Gasteiger charge is 2.33. The molecule has 3 heterocycles. The lowest BCUT2D eigenvalue weighted by atomic mass is 9.82. The minimum absolute atomic E-state index is 0.0106. The lowest BCUT2D eigenvalue weighted by Gasteiger charge is -2.41. The Hall–Kier alpha value is -1.84. The van der Waals surface area contributed by atoms with Crippen LogP contribution >= 0.6 is 11.6 Å². The van der Waals surface area contributed by atoms with E-state index in [1.807, 2.05) is 11.8 Å². The van der Waals surface area contributed by atoms with Crippen LogP contribution in [0.5, 0.6) is 0 Å². The Bertz CT molecular complexity index is 816. The highest BCUT2D eigenvalue weighted by molar-refractivity contribution is 6.27. The standard InChI is InChI=1S/C22H29ClN4O2/c1-15-13-26(8-9-27(15)20(28)11-23)22-18(12-24)17-7-10-29-14-19(17)21(25-22)16-5-3-2-4-6-16/h15-16H,2-11,13-14H2,1H3. The summed E-state index contributed by atoms with van der Waals surface area (Å²) < 4.78 is 5.76. The summed E-state index contributed by atoms with van der Waals surface area (Å²) >= 11 is 5.77. The molecule has 2 aliphatic heterocycles. The summed E-state index contributed by atoms with van der Waals surface area (Å²) in [6.07, 6.45) is 6.89. The quantitative estimate of drug-likeness (QED) is 0.706. The van der Waals surface area contributed by atoms with Gasteiger partial charge >= 0.3 is 0 Å². The molecule has 29 heavy (non-hydrogen) atoms. The number of nitrogens with zero attached hydrogens (tertiary/aromatic N) is 4. The average Bonchev–Trinajstić information content (AvgIpc) is 2.78. The lowest BCUT2D eigenvalue weighted by molar-refractivity contribution is -0.130. The van der Waals surface area contributed by atoms with E-state index in [2.05, 4.69) is 11.0 Å². The molecule has 1 aromatic heterocycles. The number of piperazine rings is 1. The molecule has 156 valence electrons. The maximum absolute atomic E-state index is 12.1. The Morgan fingerprint density at radius 3 is 2.76 bits per heavy atom. The summed E-state index contributed by atoms with van der Waals surface area (Å²) in [6.45, 7) is 5.22. The molecule has 1 atom stereocenters. The number of halogens is 1. The second-order valence-electron chi connectivity index (χ2n) is 8.42. The van der Waals surface area contributed by atoms with Crippen molar-refractivity contribution < 1.29 is 9.53 Å². The van der Waals surface area contributed by atoms with E-state index in [4.69, 9.17) is 21.3 Å². The van der Waals surface area contributed by atoms with Crippen molar-refractivity contribution in [1.29, 1.82) is 5.26 Å². The van der Waals surface area contributed by atoms with Crippen molar-refractivity contribution in [3.63, 3.8) is 0 Å².